The fourth-order valence-corrected chi connectivity index (χ4v) is 4.34. The molecule has 4 heterocycles. The maximum Gasteiger partial charge on any atom is 0.391 e. The lowest BCUT2D eigenvalue weighted by Crippen LogP contribution is -2.35. The Kier molecular flexibility index (Phi) is 6.44. The van der Waals surface area contributed by atoms with Crippen LogP contribution in [-0.4, -0.2) is 67.7 Å². The average molecular weight is 525 g/mol. The molecule has 1 aliphatic heterocycles. The van der Waals surface area contributed by atoms with E-state index in [0.717, 1.165) is 18.0 Å². The first-order valence-electron chi connectivity index (χ1n) is 11.9. The summed E-state index contributed by atoms with van der Waals surface area (Å²) in [6.45, 7) is 1.47. The number of Topliss-reactive ketones (excluding diaryl/α,β-unsaturated/α-hetero) is 1. The topological polar surface area (TPSA) is 110 Å². The molecule has 9 nitrogen and oxygen atoms in total. The zero-order valence-corrected chi connectivity index (χ0v) is 19.8. The van der Waals surface area contributed by atoms with Crippen molar-refractivity contribution in [3.8, 4) is 6.01 Å². The van der Waals surface area contributed by atoms with Crippen molar-refractivity contribution in [2.45, 2.75) is 50.6 Å². The number of ketones is 1. The first-order valence-corrected chi connectivity index (χ1v) is 11.9. The van der Waals surface area contributed by atoms with Crippen LogP contribution in [0.2, 0.25) is 0 Å². The summed E-state index contributed by atoms with van der Waals surface area (Å²) in [4.78, 5) is 30.8. The van der Waals surface area contributed by atoms with Crippen molar-refractivity contribution >= 4 is 22.8 Å². The molecule has 2 atom stereocenters. The molecule has 0 bridgehead atoms. The molecule has 0 radical (unpaired) electrons. The van der Waals surface area contributed by atoms with Crippen LogP contribution < -0.4 is 9.64 Å². The van der Waals surface area contributed by atoms with Crippen molar-refractivity contribution in [1.29, 1.82) is 0 Å². The first kappa shape index (κ1) is 25.2. The molecule has 198 valence electrons. The van der Waals surface area contributed by atoms with Gasteiger partial charge in [-0.3, -0.25) is 9.89 Å². The van der Waals surface area contributed by atoms with Gasteiger partial charge in [0.1, 0.15) is 6.61 Å². The average Bonchev–Trinajstić information content (AvgIpc) is 3.27. The van der Waals surface area contributed by atoms with Gasteiger partial charge in [0.2, 0.25) is 17.6 Å². The number of aromatic nitrogens is 6. The molecule has 1 saturated carbocycles. The molecule has 14 heteroatoms. The van der Waals surface area contributed by atoms with Crippen LogP contribution in [0.4, 0.5) is 27.9 Å². The van der Waals surface area contributed by atoms with Gasteiger partial charge in [0.25, 0.3) is 5.92 Å². The number of rotatable bonds is 8. The summed E-state index contributed by atoms with van der Waals surface area (Å²) in [5.41, 5.74) is 1.58. The smallest absolute Gasteiger partial charge is 0.391 e. The molecule has 3 aromatic heterocycles. The number of anilines is 1. The van der Waals surface area contributed by atoms with Crippen molar-refractivity contribution in [2.24, 2.45) is 11.8 Å². The molecule has 2 aliphatic rings. The Morgan fingerprint density at radius 1 is 1.24 bits per heavy atom. The molecule has 0 unspecified atom stereocenters. The van der Waals surface area contributed by atoms with Crippen LogP contribution >= 0.6 is 0 Å². The number of carbonyl (C=O) groups excluding carboxylic acids is 1. The van der Waals surface area contributed by atoms with Crippen molar-refractivity contribution < 1.29 is 31.5 Å². The molecule has 1 N–H and O–H groups in total. The third-order valence-electron chi connectivity index (χ3n) is 6.82. The van der Waals surface area contributed by atoms with Crippen molar-refractivity contribution in [3.63, 3.8) is 0 Å². The van der Waals surface area contributed by atoms with E-state index in [2.05, 4.69) is 30.1 Å². The highest BCUT2D eigenvalue weighted by atomic mass is 19.4. The van der Waals surface area contributed by atoms with E-state index in [1.54, 1.807) is 11.1 Å². The Balaban J connectivity index is 1.33. The van der Waals surface area contributed by atoms with Gasteiger partial charge in [0, 0.05) is 49.1 Å². The van der Waals surface area contributed by atoms with Crippen molar-refractivity contribution in [1.82, 2.24) is 30.1 Å². The standard InChI is InChI=1S/C23H24F5N7O2/c1-12(23(26,27)28)9-16(36)19-30-20(32-21(31-19)37-11-14-10-22(14,24)25)35-7-4-13(5-8-35)17-15-3-2-6-29-18(15)34-33-17/h2-3,6,12-14H,4-5,7-11H2,1H3,(H,29,33,34)/t12-,14-/m1/s1. The summed E-state index contributed by atoms with van der Waals surface area (Å²) in [6.07, 6.45) is -2.72. The first-order chi connectivity index (χ1) is 17.5. The Labute approximate surface area is 207 Å². The minimum absolute atomic E-state index is 0.0603. The minimum Gasteiger partial charge on any atom is -0.463 e. The number of nitrogens with zero attached hydrogens (tertiary/aromatic N) is 6. The number of aromatic amines is 1. The molecular weight excluding hydrogens is 501 g/mol. The minimum atomic E-state index is -4.56. The summed E-state index contributed by atoms with van der Waals surface area (Å²) in [5.74, 6) is -6.92. The number of halogens is 5. The predicted molar refractivity (Wildman–Crippen MR) is 121 cm³/mol. The molecule has 0 amide bonds. The normalized spacial score (nSPS) is 20.7. The van der Waals surface area contributed by atoms with E-state index in [-0.39, 0.29) is 30.9 Å². The fourth-order valence-electron chi connectivity index (χ4n) is 4.34. The number of piperidine rings is 1. The SMILES string of the molecule is C[C@H](CC(=O)c1nc(OC[C@H]2CC2(F)F)nc(N2CCC(c3[nH]nc4ncccc34)CC2)n1)C(F)(F)F. The summed E-state index contributed by atoms with van der Waals surface area (Å²) in [5, 5.41) is 8.22. The molecule has 2 fully saturated rings. The van der Waals surface area contributed by atoms with E-state index in [1.165, 1.54) is 0 Å². The number of ether oxygens (including phenoxy) is 1. The number of carbonyl (C=O) groups is 1. The highest BCUT2D eigenvalue weighted by Gasteiger charge is 2.57. The third-order valence-corrected chi connectivity index (χ3v) is 6.82. The summed E-state index contributed by atoms with van der Waals surface area (Å²) in [7, 11) is 0. The molecule has 1 saturated heterocycles. The predicted octanol–water partition coefficient (Wildman–Crippen LogP) is 4.33. The number of fused-ring (bicyclic) bond motifs is 1. The number of nitrogens with one attached hydrogen (secondary N) is 1. The van der Waals surface area contributed by atoms with E-state index in [4.69, 9.17) is 4.74 Å². The molecule has 1 aliphatic carbocycles. The highest BCUT2D eigenvalue weighted by Crippen LogP contribution is 2.48. The summed E-state index contributed by atoms with van der Waals surface area (Å²) in [6, 6.07) is 3.41. The number of hydrogen-bond donors (Lipinski definition) is 1. The van der Waals surface area contributed by atoms with Gasteiger partial charge in [-0.1, -0.05) is 6.92 Å². The van der Waals surface area contributed by atoms with Crippen molar-refractivity contribution in [2.75, 3.05) is 24.6 Å². The second-order valence-electron chi connectivity index (χ2n) is 9.56. The van der Waals surface area contributed by atoms with Gasteiger partial charge in [-0.15, -0.1) is 0 Å². The third kappa shape index (κ3) is 5.47. The Bertz CT molecular complexity index is 1290. The lowest BCUT2D eigenvalue weighted by atomic mass is 9.92. The van der Waals surface area contributed by atoms with Crippen LogP contribution in [0.25, 0.3) is 11.0 Å². The second-order valence-corrected chi connectivity index (χ2v) is 9.56. The summed E-state index contributed by atoms with van der Waals surface area (Å²) < 4.78 is 70.8. The maximum atomic E-state index is 13.3. The van der Waals surface area contributed by atoms with E-state index >= 15 is 0 Å². The van der Waals surface area contributed by atoms with Gasteiger partial charge in [-0.05, 0) is 25.0 Å². The largest absolute Gasteiger partial charge is 0.463 e. The Hall–Kier alpha value is -3.45. The zero-order valence-electron chi connectivity index (χ0n) is 19.8. The Morgan fingerprint density at radius 2 is 1.97 bits per heavy atom. The molecular formula is C23H24F5N7O2. The molecule has 3 aromatic rings. The van der Waals surface area contributed by atoms with Crippen molar-refractivity contribution in [3.05, 3.63) is 29.8 Å². The number of pyridine rings is 1. The van der Waals surface area contributed by atoms with Gasteiger partial charge < -0.3 is 9.64 Å². The lowest BCUT2D eigenvalue weighted by Gasteiger charge is -2.31. The van der Waals surface area contributed by atoms with Crippen LogP contribution in [0.1, 0.15) is 54.8 Å². The number of H-pyrrole nitrogens is 1. The van der Waals surface area contributed by atoms with E-state index in [1.807, 2.05) is 12.1 Å². The second kappa shape index (κ2) is 9.45. The highest BCUT2D eigenvalue weighted by molar-refractivity contribution is 5.93. The zero-order chi connectivity index (χ0) is 26.4. The van der Waals surface area contributed by atoms with E-state index in [9.17, 15) is 26.7 Å². The van der Waals surface area contributed by atoms with Crippen LogP contribution in [0, 0.1) is 11.8 Å². The van der Waals surface area contributed by atoms with E-state index in [0.29, 0.717) is 31.6 Å². The van der Waals surface area contributed by atoms with E-state index < -0.39 is 42.0 Å². The van der Waals surface area contributed by atoms with Gasteiger partial charge >= 0.3 is 12.2 Å². The van der Waals surface area contributed by atoms with Gasteiger partial charge in [0.05, 0.1) is 11.8 Å². The lowest BCUT2D eigenvalue weighted by molar-refractivity contribution is -0.168. The van der Waals surface area contributed by atoms with Crippen LogP contribution in [0.3, 0.4) is 0 Å². The molecule has 0 spiro atoms. The van der Waals surface area contributed by atoms with Gasteiger partial charge in [-0.2, -0.15) is 33.2 Å². The molecule has 37 heavy (non-hydrogen) atoms. The monoisotopic (exact) mass is 525 g/mol. The molecule has 0 aromatic carbocycles. The van der Waals surface area contributed by atoms with Crippen LogP contribution in [0.15, 0.2) is 18.3 Å². The number of alkyl halides is 5. The van der Waals surface area contributed by atoms with Crippen LogP contribution in [0.5, 0.6) is 6.01 Å². The molecule has 5 rings (SSSR count). The quantitative estimate of drug-likeness (QED) is 0.342. The number of hydrogen-bond acceptors (Lipinski definition) is 8. The fraction of sp³-hybridized carbons (Fsp3) is 0.565. The van der Waals surface area contributed by atoms with Gasteiger partial charge in [0.15, 0.2) is 5.65 Å². The Morgan fingerprint density at radius 3 is 2.65 bits per heavy atom. The van der Waals surface area contributed by atoms with Gasteiger partial charge in [-0.25, -0.2) is 13.8 Å². The van der Waals surface area contributed by atoms with Crippen LogP contribution in [-0.2, 0) is 0 Å². The maximum absolute atomic E-state index is 13.3. The summed E-state index contributed by atoms with van der Waals surface area (Å²) >= 11 is 0.